The number of carbonyl (C=O) groups is 2. The van der Waals surface area contributed by atoms with Gasteiger partial charge >= 0.3 is 0 Å². The van der Waals surface area contributed by atoms with Gasteiger partial charge in [-0.2, -0.15) is 0 Å². The maximum atomic E-state index is 12.5. The molecule has 3 atom stereocenters. The Morgan fingerprint density at radius 1 is 1.41 bits per heavy atom. The second kappa shape index (κ2) is 8.96. The molecule has 0 bridgehead atoms. The molecule has 0 radical (unpaired) electrons. The molecule has 9 nitrogen and oxygen atoms in total. The van der Waals surface area contributed by atoms with Crippen molar-refractivity contribution in [1.82, 2.24) is 25.8 Å². The molecule has 146 valence electrons. The van der Waals surface area contributed by atoms with Crippen LogP contribution in [0.25, 0.3) is 0 Å². The number of carbonyl (C=O) groups excluding carboxylic acids is 2. The predicted octanol–water partition coefficient (Wildman–Crippen LogP) is 0.721. The molecule has 2 aromatic rings. The molecule has 0 spiro atoms. The van der Waals surface area contributed by atoms with Gasteiger partial charge in [-0.25, -0.2) is 0 Å². The van der Waals surface area contributed by atoms with E-state index in [-0.39, 0.29) is 29.9 Å². The van der Waals surface area contributed by atoms with E-state index in [1.807, 2.05) is 0 Å². The maximum absolute atomic E-state index is 12.5. The molecule has 2 amide bonds. The molecule has 1 aliphatic carbocycles. The lowest BCUT2D eigenvalue weighted by Crippen LogP contribution is -2.50. The molecule has 1 saturated carbocycles. The molecule has 1 fully saturated rings. The number of H-pyrrole nitrogens is 1. The van der Waals surface area contributed by atoms with Crippen LogP contribution in [-0.2, 0) is 16.0 Å². The summed E-state index contributed by atoms with van der Waals surface area (Å²) in [5, 5.41) is 14.9. The molecule has 0 aliphatic heterocycles. The summed E-state index contributed by atoms with van der Waals surface area (Å²) >= 11 is 1.33. The van der Waals surface area contributed by atoms with Gasteiger partial charge in [0.05, 0.1) is 12.1 Å². The van der Waals surface area contributed by atoms with Crippen molar-refractivity contribution < 1.29 is 14.3 Å². The molecule has 3 rings (SSSR count). The molecular weight excluding hydrogens is 368 g/mol. The Bertz CT molecular complexity index is 763. The Kier molecular flexibility index (Phi) is 6.40. The third-order valence-corrected chi connectivity index (χ3v) is 5.56. The number of nitrogens with two attached hydrogens (primary N) is 1. The fourth-order valence-electron chi connectivity index (χ4n) is 3.32. The van der Waals surface area contributed by atoms with Crippen LogP contribution in [0.2, 0.25) is 0 Å². The molecule has 2 aromatic heterocycles. The van der Waals surface area contributed by atoms with Crippen LogP contribution in [0.4, 0.5) is 5.13 Å². The smallest absolute Gasteiger partial charge is 0.267 e. The van der Waals surface area contributed by atoms with Gasteiger partial charge in [0.25, 0.3) is 5.91 Å². The van der Waals surface area contributed by atoms with E-state index in [4.69, 9.17) is 10.5 Å². The summed E-state index contributed by atoms with van der Waals surface area (Å²) in [6.07, 6.45) is 4.08. The molecule has 27 heavy (non-hydrogen) atoms. The van der Waals surface area contributed by atoms with E-state index < -0.39 is 0 Å². The minimum Gasteiger partial charge on any atom is -0.379 e. The van der Waals surface area contributed by atoms with E-state index >= 15 is 0 Å². The first kappa shape index (κ1) is 19.3. The lowest BCUT2D eigenvalue weighted by molar-refractivity contribution is -0.127. The highest BCUT2D eigenvalue weighted by molar-refractivity contribution is 7.15. The van der Waals surface area contributed by atoms with Crippen LogP contribution in [-0.4, -0.2) is 52.8 Å². The van der Waals surface area contributed by atoms with Crippen LogP contribution in [0.3, 0.4) is 0 Å². The zero-order valence-electron chi connectivity index (χ0n) is 15.1. The van der Waals surface area contributed by atoms with E-state index in [0.717, 1.165) is 5.01 Å². The van der Waals surface area contributed by atoms with Crippen LogP contribution in [0.5, 0.6) is 0 Å². The number of hydrogen-bond donors (Lipinski definition) is 4. The molecule has 10 heteroatoms. The van der Waals surface area contributed by atoms with Crippen molar-refractivity contribution in [2.75, 3.05) is 19.4 Å². The standard InChI is InChI=1S/C17H24N6O3S/c1-26-13-9-10(15(24)20-8-6-14-22-23-17(18)27-14)4-5-11(13)21-16(25)12-3-2-7-19-12/h2-3,7,10-11,13,19H,4-6,8-9H2,1H3,(H2,18,23)(H,20,24)(H,21,25)/t10-,11+,13+/m0/s1. The normalized spacial score (nSPS) is 22.3. The molecule has 1 aliphatic rings. The minimum absolute atomic E-state index is 0.00341. The van der Waals surface area contributed by atoms with E-state index in [1.165, 1.54) is 11.3 Å². The summed E-state index contributed by atoms with van der Waals surface area (Å²) in [6.45, 7) is 0.495. The monoisotopic (exact) mass is 392 g/mol. The van der Waals surface area contributed by atoms with Gasteiger partial charge in [-0.1, -0.05) is 11.3 Å². The summed E-state index contributed by atoms with van der Waals surface area (Å²) in [5.74, 6) is -0.289. The van der Waals surface area contributed by atoms with Crippen LogP contribution >= 0.6 is 11.3 Å². The number of amides is 2. The van der Waals surface area contributed by atoms with Gasteiger partial charge in [-0.3, -0.25) is 9.59 Å². The van der Waals surface area contributed by atoms with Crippen molar-refractivity contribution in [2.45, 2.75) is 37.8 Å². The first-order valence-corrected chi connectivity index (χ1v) is 9.71. The van der Waals surface area contributed by atoms with Gasteiger partial charge in [-0.15, -0.1) is 10.2 Å². The summed E-state index contributed by atoms with van der Waals surface area (Å²) in [4.78, 5) is 27.6. The molecule has 2 heterocycles. The highest BCUT2D eigenvalue weighted by atomic mass is 32.1. The van der Waals surface area contributed by atoms with Crippen molar-refractivity contribution in [3.8, 4) is 0 Å². The van der Waals surface area contributed by atoms with Gasteiger partial charge in [0, 0.05) is 32.2 Å². The number of rotatable bonds is 7. The van der Waals surface area contributed by atoms with Gasteiger partial charge in [-0.05, 0) is 31.4 Å². The Morgan fingerprint density at radius 3 is 2.93 bits per heavy atom. The van der Waals surface area contributed by atoms with Crippen molar-refractivity contribution in [1.29, 1.82) is 0 Å². The van der Waals surface area contributed by atoms with E-state index in [1.54, 1.807) is 25.4 Å². The highest BCUT2D eigenvalue weighted by Gasteiger charge is 2.35. The lowest BCUT2D eigenvalue weighted by Gasteiger charge is -2.35. The Balaban J connectivity index is 1.46. The third kappa shape index (κ3) is 5.04. The number of ether oxygens (including phenoxy) is 1. The number of aromatic amines is 1. The number of nitrogens with one attached hydrogen (secondary N) is 3. The van der Waals surface area contributed by atoms with E-state index in [2.05, 4.69) is 25.8 Å². The highest BCUT2D eigenvalue weighted by Crippen LogP contribution is 2.27. The first-order valence-electron chi connectivity index (χ1n) is 8.89. The molecule has 0 aromatic carbocycles. The minimum atomic E-state index is -0.198. The number of nitrogen functional groups attached to an aromatic ring is 1. The van der Waals surface area contributed by atoms with Crippen molar-refractivity contribution in [3.63, 3.8) is 0 Å². The molecule has 0 saturated heterocycles. The Morgan fingerprint density at radius 2 is 2.26 bits per heavy atom. The summed E-state index contributed by atoms with van der Waals surface area (Å²) in [5.41, 5.74) is 6.06. The van der Waals surface area contributed by atoms with Crippen molar-refractivity contribution in [2.24, 2.45) is 5.92 Å². The Hall–Kier alpha value is -2.46. The summed E-state index contributed by atoms with van der Waals surface area (Å²) in [7, 11) is 1.61. The van der Waals surface area contributed by atoms with E-state index in [9.17, 15) is 9.59 Å². The number of methoxy groups -OCH3 is 1. The third-order valence-electron chi connectivity index (χ3n) is 4.74. The Labute approximate surface area is 161 Å². The van der Waals surface area contributed by atoms with Gasteiger partial charge in [0.2, 0.25) is 11.0 Å². The second-order valence-corrected chi connectivity index (χ2v) is 7.62. The number of nitrogens with zero attached hydrogens (tertiary/aromatic N) is 2. The number of hydrogen-bond acceptors (Lipinski definition) is 7. The SMILES string of the molecule is CO[C@@H]1C[C@@H](C(=O)NCCc2nnc(N)s2)CC[C@H]1NC(=O)c1ccc[nH]1. The van der Waals surface area contributed by atoms with E-state index in [0.29, 0.717) is 43.1 Å². The summed E-state index contributed by atoms with van der Waals surface area (Å²) in [6, 6.07) is 3.39. The van der Waals surface area contributed by atoms with Gasteiger partial charge in [0.1, 0.15) is 10.7 Å². The second-order valence-electron chi connectivity index (χ2n) is 6.52. The molecular formula is C17H24N6O3S. The topological polar surface area (TPSA) is 135 Å². The average Bonchev–Trinajstić information content (AvgIpc) is 3.34. The van der Waals surface area contributed by atoms with Crippen molar-refractivity contribution in [3.05, 3.63) is 29.0 Å². The predicted molar refractivity (Wildman–Crippen MR) is 101 cm³/mol. The van der Waals surface area contributed by atoms with Gasteiger partial charge < -0.3 is 26.1 Å². The fourth-order valence-corrected chi connectivity index (χ4v) is 3.92. The zero-order chi connectivity index (χ0) is 19.2. The fraction of sp³-hybridized carbons (Fsp3) is 0.529. The molecule has 5 N–H and O–H groups in total. The van der Waals surface area contributed by atoms with Crippen LogP contribution < -0.4 is 16.4 Å². The average molecular weight is 392 g/mol. The lowest BCUT2D eigenvalue weighted by atomic mass is 9.83. The van der Waals surface area contributed by atoms with Crippen LogP contribution in [0.1, 0.15) is 34.8 Å². The van der Waals surface area contributed by atoms with Crippen LogP contribution in [0, 0.1) is 5.92 Å². The zero-order valence-corrected chi connectivity index (χ0v) is 15.9. The number of anilines is 1. The molecule has 0 unspecified atom stereocenters. The summed E-state index contributed by atoms with van der Waals surface area (Å²) < 4.78 is 5.54. The van der Waals surface area contributed by atoms with Crippen LogP contribution in [0.15, 0.2) is 18.3 Å². The maximum Gasteiger partial charge on any atom is 0.267 e. The number of aromatic nitrogens is 3. The largest absolute Gasteiger partial charge is 0.379 e. The quantitative estimate of drug-likeness (QED) is 0.548. The van der Waals surface area contributed by atoms with Crippen molar-refractivity contribution >= 4 is 28.3 Å². The first-order chi connectivity index (χ1) is 13.1. The van der Waals surface area contributed by atoms with Gasteiger partial charge in [0.15, 0.2) is 0 Å².